The van der Waals surface area contributed by atoms with E-state index in [0.717, 1.165) is 5.56 Å². The van der Waals surface area contributed by atoms with Crippen LogP contribution in [0.1, 0.15) is 0 Å². The summed E-state index contributed by atoms with van der Waals surface area (Å²) in [6.07, 6.45) is 3.33. The van der Waals surface area contributed by atoms with Crippen LogP contribution in [-0.2, 0) is 0 Å². The molecular weight excluding hydrogens is 310 g/mol. The quantitative estimate of drug-likeness (QED) is 0.785. The molecule has 0 aliphatic carbocycles. The van der Waals surface area contributed by atoms with Gasteiger partial charge in [0, 0.05) is 23.5 Å². The second-order valence-electron chi connectivity index (χ2n) is 3.83. The molecule has 5 nitrogen and oxygen atoms in total. The first-order valence-electron chi connectivity index (χ1n) is 5.47. The molecule has 0 aliphatic rings. The van der Waals surface area contributed by atoms with Crippen molar-refractivity contribution in [3.63, 3.8) is 0 Å². The predicted molar refractivity (Wildman–Crippen MR) is 72.3 cm³/mol. The number of aromatic hydroxyl groups is 1. The van der Waals surface area contributed by atoms with Gasteiger partial charge in [0.2, 0.25) is 5.82 Å². The third-order valence-electron chi connectivity index (χ3n) is 2.56. The number of benzene rings is 1. The molecule has 94 valence electrons. The first kappa shape index (κ1) is 11.9. The van der Waals surface area contributed by atoms with E-state index in [1.807, 2.05) is 0 Å². The number of rotatable bonds is 2. The van der Waals surface area contributed by atoms with Crippen LogP contribution in [0, 0.1) is 0 Å². The van der Waals surface area contributed by atoms with Gasteiger partial charge in [-0.25, -0.2) is 0 Å². The molecule has 1 N–H and O–H groups in total. The number of aromatic nitrogens is 3. The lowest BCUT2D eigenvalue weighted by Gasteiger charge is -1.98. The molecule has 0 unspecified atom stereocenters. The first-order valence-corrected chi connectivity index (χ1v) is 6.26. The Kier molecular flexibility index (Phi) is 3.00. The Morgan fingerprint density at radius 2 is 1.84 bits per heavy atom. The van der Waals surface area contributed by atoms with Gasteiger partial charge in [-0.2, -0.15) is 4.98 Å². The average molecular weight is 318 g/mol. The van der Waals surface area contributed by atoms with Crippen molar-refractivity contribution in [2.75, 3.05) is 0 Å². The van der Waals surface area contributed by atoms with E-state index in [-0.39, 0.29) is 5.75 Å². The topological polar surface area (TPSA) is 72.0 Å². The first-order chi connectivity index (χ1) is 9.24. The van der Waals surface area contributed by atoms with E-state index in [1.54, 1.807) is 42.7 Å². The van der Waals surface area contributed by atoms with Crippen molar-refractivity contribution < 1.29 is 9.63 Å². The van der Waals surface area contributed by atoms with Crippen molar-refractivity contribution in [2.24, 2.45) is 0 Å². The van der Waals surface area contributed by atoms with E-state index < -0.39 is 0 Å². The van der Waals surface area contributed by atoms with Gasteiger partial charge in [0.05, 0.1) is 4.47 Å². The molecule has 19 heavy (non-hydrogen) atoms. The van der Waals surface area contributed by atoms with Gasteiger partial charge in [0.25, 0.3) is 5.89 Å². The molecule has 0 atom stereocenters. The van der Waals surface area contributed by atoms with Gasteiger partial charge in [-0.15, -0.1) is 0 Å². The van der Waals surface area contributed by atoms with Gasteiger partial charge in [-0.05, 0) is 46.3 Å². The number of hydrogen-bond acceptors (Lipinski definition) is 5. The zero-order valence-electron chi connectivity index (χ0n) is 9.62. The highest BCUT2D eigenvalue weighted by Crippen LogP contribution is 2.29. The van der Waals surface area contributed by atoms with E-state index in [1.165, 1.54) is 0 Å². The Labute approximate surface area is 117 Å². The lowest BCUT2D eigenvalue weighted by atomic mass is 10.2. The lowest BCUT2D eigenvalue weighted by molar-refractivity contribution is 0.431. The maximum Gasteiger partial charge on any atom is 0.258 e. The smallest absolute Gasteiger partial charge is 0.258 e. The standard InChI is InChI=1S/C13H8BrN3O2/c14-10-2-1-9(7-11(10)18)13-16-12(17-19-13)8-3-5-15-6-4-8/h1-7,18H. The molecule has 0 amide bonds. The van der Waals surface area contributed by atoms with Crippen LogP contribution in [-0.4, -0.2) is 20.2 Å². The summed E-state index contributed by atoms with van der Waals surface area (Å²) in [6.45, 7) is 0. The fourth-order valence-corrected chi connectivity index (χ4v) is 1.85. The minimum absolute atomic E-state index is 0.126. The van der Waals surface area contributed by atoms with E-state index in [0.29, 0.717) is 21.8 Å². The normalized spacial score (nSPS) is 10.6. The van der Waals surface area contributed by atoms with Crippen molar-refractivity contribution in [1.82, 2.24) is 15.1 Å². The molecule has 2 aromatic heterocycles. The van der Waals surface area contributed by atoms with Crippen LogP contribution >= 0.6 is 15.9 Å². The molecule has 3 aromatic rings. The fourth-order valence-electron chi connectivity index (χ4n) is 1.60. The van der Waals surface area contributed by atoms with Crippen LogP contribution in [0.15, 0.2) is 51.7 Å². The van der Waals surface area contributed by atoms with Crippen LogP contribution in [0.4, 0.5) is 0 Å². The summed E-state index contributed by atoms with van der Waals surface area (Å²) in [5.41, 5.74) is 1.49. The Morgan fingerprint density at radius 3 is 2.58 bits per heavy atom. The molecule has 0 aliphatic heterocycles. The minimum Gasteiger partial charge on any atom is -0.507 e. The highest BCUT2D eigenvalue weighted by molar-refractivity contribution is 9.10. The van der Waals surface area contributed by atoms with Gasteiger partial charge < -0.3 is 9.63 Å². The molecule has 0 saturated carbocycles. The van der Waals surface area contributed by atoms with Crippen molar-refractivity contribution in [3.8, 4) is 28.6 Å². The molecule has 2 heterocycles. The second kappa shape index (κ2) is 4.81. The second-order valence-corrected chi connectivity index (χ2v) is 4.68. The monoisotopic (exact) mass is 317 g/mol. The molecule has 0 radical (unpaired) electrons. The third-order valence-corrected chi connectivity index (χ3v) is 3.23. The zero-order chi connectivity index (χ0) is 13.2. The van der Waals surface area contributed by atoms with E-state index in [4.69, 9.17) is 4.52 Å². The molecule has 0 saturated heterocycles. The maximum absolute atomic E-state index is 9.64. The minimum atomic E-state index is 0.126. The van der Waals surface area contributed by atoms with Gasteiger partial charge in [0.1, 0.15) is 5.75 Å². The largest absolute Gasteiger partial charge is 0.507 e. The van der Waals surface area contributed by atoms with Crippen molar-refractivity contribution >= 4 is 15.9 Å². The SMILES string of the molecule is Oc1cc(-c2nc(-c3ccncc3)no2)ccc1Br. The number of hydrogen-bond donors (Lipinski definition) is 1. The highest BCUT2D eigenvalue weighted by atomic mass is 79.9. The van der Waals surface area contributed by atoms with Gasteiger partial charge >= 0.3 is 0 Å². The highest BCUT2D eigenvalue weighted by Gasteiger charge is 2.11. The molecule has 3 rings (SSSR count). The molecular formula is C13H8BrN3O2. The summed E-state index contributed by atoms with van der Waals surface area (Å²) in [6, 6.07) is 8.67. The number of pyridine rings is 1. The summed E-state index contributed by atoms with van der Waals surface area (Å²) in [4.78, 5) is 8.22. The predicted octanol–water partition coefficient (Wildman–Crippen LogP) is 3.27. The molecule has 0 spiro atoms. The van der Waals surface area contributed by atoms with Crippen molar-refractivity contribution in [2.45, 2.75) is 0 Å². The van der Waals surface area contributed by atoms with Gasteiger partial charge in [-0.3, -0.25) is 4.98 Å². The van der Waals surface area contributed by atoms with Crippen LogP contribution in [0.2, 0.25) is 0 Å². The van der Waals surface area contributed by atoms with Gasteiger partial charge in [0.15, 0.2) is 0 Å². The van der Waals surface area contributed by atoms with Crippen LogP contribution in [0.5, 0.6) is 5.75 Å². The zero-order valence-corrected chi connectivity index (χ0v) is 11.2. The Hall–Kier alpha value is -2.21. The summed E-state index contributed by atoms with van der Waals surface area (Å²) in [7, 11) is 0. The summed E-state index contributed by atoms with van der Waals surface area (Å²) < 4.78 is 5.81. The molecule has 6 heteroatoms. The molecule has 0 fully saturated rings. The van der Waals surface area contributed by atoms with E-state index in [9.17, 15) is 5.11 Å². The summed E-state index contributed by atoms with van der Waals surface area (Å²) in [5, 5.41) is 13.5. The summed E-state index contributed by atoms with van der Waals surface area (Å²) in [5.74, 6) is 0.968. The number of phenols is 1. The Bertz CT molecular complexity index is 713. The molecule has 1 aromatic carbocycles. The lowest BCUT2D eigenvalue weighted by Crippen LogP contribution is -1.81. The Morgan fingerprint density at radius 1 is 1.05 bits per heavy atom. The Balaban J connectivity index is 1.99. The van der Waals surface area contributed by atoms with Crippen LogP contribution < -0.4 is 0 Å². The average Bonchev–Trinajstić information content (AvgIpc) is 2.93. The summed E-state index contributed by atoms with van der Waals surface area (Å²) >= 11 is 3.22. The van der Waals surface area contributed by atoms with E-state index >= 15 is 0 Å². The molecule has 0 bridgehead atoms. The van der Waals surface area contributed by atoms with Gasteiger partial charge in [-0.1, -0.05) is 5.16 Å². The van der Waals surface area contributed by atoms with Crippen LogP contribution in [0.25, 0.3) is 22.8 Å². The van der Waals surface area contributed by atoms with Crippen molar-refractivity contribution in [1.29, 1.82) is 0 Å². The van der Waals surface area contributed by atoms with Crippen molar-refractivity contribution in [3.05, 3.63) is 47.2 Å². The number of phenolic OH excluding ortho intramolecular Hbond substituents is 1. The van der Waals surface area contributed by atoms with E-state index in [2.05, 4.69) is 31.1 Å². The number of halogens is 1. The number of nitrogens with zero attached hydrogens (tertiary/aromatic N) is 3. The van der Waals surface area contributed by atoms with Crippen LogP contribution in [0.3, 0.4) is 0 Å². The third kappa shape index (κ3) is 2.34. The fraction of sp³-hybridized carbons (Fsp3) is 0. The maximum atomic E-state index is 9.64.